The number of pyridine rings is 1. The number of benzene rings is 3. The highest BCUT2D eigenvalue weighted by Crippen LogP contribution is 2.30. The van der Waals surface area contributed by atoms with Crippen LogP contribution in [0.4, 0.5) is 5.69 Å². The summed E-state index contributed by atoms with van der Waals surface area (Å²) in [4.78, 5) is 32.5. The number of piperazine rings is 1. The van der Waals surface area contributed by atoms with Gasteiger partial charge in [-0.05, 0) is 60.3 Å². The Labute approximate surface area is 229 Å². The summed E-state index contributed by atoms with van der Waals surface area (Å²) in [5, 5.41) is 1.73. The molecule has 2 aliphatic heterocycles. The van der Waals surface area contributed by atoms with Crippen LogP contribution in [0.5, 0.6) is 0 Å². The fraction of sp³-hybridized carbons (Fsp3) is 0.242. The zero-order valence-electron chi connectivity index (χ0n) is 22.3. The number of nitrogens with zero attached hydrogens (tertiary/aromatic N) is 4. The first-order valence-corrected chi connectivity index (χ1v) is 13.7. The van der Waals surface area contributed by atoms with E-state index in [0.29, 0.717) is 17.7 Å². The van der Waals surface area contributed by atoms with Crippen LogP contribution in [0.25, 0.3) is 22.9 Å². The molecule has 2 aliphatic rings. The van der Waals surface area contributed by atoms with E-state index in [1.165, 1.54) is 16.2 Å². The van der Waals surface area contributed by atoms with Gasteiger partial charge in [0.15, 0.2) is 6.20 Å². The van der Waals surface area contributed by atoms with Gasteiger partial charge in [0.25, 0.3) is 11.8 Å². The minimum absolute atomic E-state index is 0.176. The van der Waals surface area contributed by atoms with E-state index in [1.54, 1.807) is 0 Å². The third kappa shape index (κ3) is 5.08. The molecule has 6 nitrogen and oxygen atoms in total. The van der Waals surface area contributed by atoms with Crippen molar-refractivity contribution in [1.82, 2.24) is 9.80 Å². The van der Waals surface area contributed by atoms with Crippen LogP contribution in [0.1, 0.15) is 38.4 Å². The molecule has 3 aromatic carbocycles. The number of aryl methyl sites for hydroxylation is 1. The van der Waals surface area contributed by atoms with Crippen LogP contribution < -0.4 is 9.47 Å². The predicted octanol–water partition coefficient (Wildman–Crippen LogP) is 4.64. The second-order valence-electron chi connectivity index (χ2n) is 10.3. The summed E-state index contributed by atoms with van der Waals surface area (Å²) in [6.45, 7) is 5.18. The molecule has 0 N–H and O–H groups in total. The number of hydrogen-bond acceptors (Lipinski definition) is 4. The van der Waals surface area contributed by atoms with Gasteiger partial charge in [0, 0.05) is 73.1 Å². The van der Waals surface area contributed by atoms with Crippen molar-refractivity contribution in [3.8, 4) is 0 Å². The van der Waals surface area contributed by atoms with Crippen molar-refractivity contribution in [2.45, 2.75) is 6.42 Å². The number of imide groups is 1. The fourth-order valence-corrected chi connectivity index (χ4v) is 5.65. The Balaban J connectivity index is 1.00. The van der Waals surface area contributed by atoms with E-state index in [0.717, 1.165) is 55.6 Å². The normalized spacial score (nSPS) is 16.0. The molecule has 0 radical (unpaired) electrons. The Morgan fingerprint density at radius 3 is 2.10 bits per heavy atom. The lowest BCUT2D eigenvalue weighted by Gasteiger charge is -2.36. The Morgan fingerprint density at radius 2 is 1.44 bits per heavy atom. The second kappa shape index (κ2) is 10.8. The van der Waals surface area contributed by atoms with Crippen LogP contribution in [0.15, 0.2) is 85.1 Å². The molecule has 1 aromatic heterocycles. The summed E-state index contributed by atoms with van der Waals surface area (Å²) in [6.07, 6.45) is 7.11. The van der Waals surface area contributed by atoms with Crippen LogP contribution in [0.2, 0.25) is 0 Å². The molecule has 0 bridgehead atoms. The summed E-state index contributed by atoms with van der Waals surface area (Å²) in [5.41, 5.74) is 4.85. The summed E-state index contributed by atoms with van der Waals surface area (Å²) >= 11 is 0. The van der Waals surface area contributed by atoms with Crippen molar-refractivity contribution in [2.24, 2.45) is 7.05 Å². The van der Waals surface area contributed by atoms with Crippen molar-refractivity contribution >= 4 is 40.4 Å². The van der Waals surface area contributed by atoms with Gasteiger partial charge in [0.1, 0.15) is 7.05 Å². The number of hydrogen-bond donors (Lipinski definition) is 0. The maximum atomic E-state index is 13.1. The average Bonchev–Trinajstić information content (AvgIpc) is 2.98. The molecule has 3 heterocycles. The van der Waals surface area contributed by atoms with Crippen LogP contribution in [0.3, 0.4) is 0 Å². The summed E-state index contributed by atoms with van der Waals surface area (Å²) < 4.78 is 2.10. The third-order valence-corrected chi connectivity index (χ3v) is 7.88. The van der Waals surface area contributed by atoms with Crippen LogP contribution in [0, 0.1) is 0 Å². The Hall–Kier alpha value is -4.29. The molecule has 2 amide bonds. The molecule has 0 spiro atoms. The zero-order valence-corrected chi connectivity index (χ0v) is 22.3. The molecule has 6 heteroatoms. The van der Waals surface area contributed by atoms with Crippen molar-refractivity contribution in [2.75, 3.05) is 44.2 Å². The standard InChI is InChI=1S/C33H33N4O2/c1-34-18-3-2-9-27(34)15-12-25-13-16-28(17-14-25)36-23-21-35(22-24-36)19-6-20-37-32(38)29-10-4-7-26-8-5-11-30(31(26)29)33(37)39/h2-5,7-18H,6,19-24H2,1H3/q+1. The van der Waals surface area contributed by atoms with E-state index >= 15 is 0 Å². The molecule has 4 aromatic rings. The van der Waals surface area contributed by atoms with Gasteiger partial charge in [0.2, 0.25) is 5.69 Å². The van der Waals surface area contributed by atoms with Crippen LogP contribution in [-0.2, 0) is 7.05 Å². The summed E-state index contributed by atoms with van der Waals surface area (Å²) in [6, 6.07) is 26.3. The van der Waals surface area contributed by atoms with Gasteiger partial charge in [-0.15, -0.1) is 0 Å². The average molecular weight is 518 g/mol. The number of aromatic nitrogens is 1. The molecule has 1 saturated heterocycles. The van der Waals surface area contributed by atoms with Crippen LogP contribution >= 0.6 is 0 Å². The zero-order chi connectivity index (χ0) is 26.8. The minimum atomic E-state index is -0.176. The number of rotatable bonds is 7. The van der Waals surface area contributed by atoms with Gasteiger partial charge in [-0.2, -0.15) is 0 Å². The van der Waals surface area contributed by atoms with Crippen LogP contribution in [-0.4, -0.2) is 60.9 Å². The van der Waals surface area contributed by atoms with Crippen molar-refractivity contribution in [3.63, 3.8) is 0 Å². The fourth-order valence-electron chi connectivity index (χ4n) is 5.65. The van der Waals surface area contributed by atoms with Gasteiger partial charge < -0.3 is 4.90 Å². The largest absolute Gasteiger partial charge is 0.369 e. The monoisotopic (exact) mass is 517 g/mol. The van der Waals surface area contributed by atoms with Crippen molar-refractivity contribution < 1.29 is 14.2 Å². The summed E-state index contributed by atoms with van der Waals surface area (Å²) in [5.74, 6) is -0.352. The first kappa shape index (κ1) is 25.0. The SMILES string of the molecule is C[n+]1ccccc1/C=C/c1ccc(N2CCN(CCCN3C(=O)c4cccc5cccc(c45)C3=O)CC2)cc1. The van der Waals surface area contributed by atoms with E-state index in [2.05, 4.69) is 76.2 Å². The maximum Gasteiger partial charge on any atom is 0.261 e. The minimum Gasteiger partial charge on any atom is -0.369 e. The Bertz CT molecular complexity index is 1500. The second-order valence-corrected chi connectivity index (χ2v) is 10.3. The molecule has 6 rings (SSSR count). The lowest BCUT2D eigenvalue weighted by atomic mass is 9.94. The third-order valence-electron chi connectivity index (χ3n) is 7.88. The number of amides is 2. The lowest BCUT2D eigenvalue weighted by molar-refractivity contribution is -0.673. The van der Waals surface area contributed by atoms with Gasteiger partial charge in [-0.25, -0.2) is 4.57 Å². The highest BCUT2D eigenvalue weighted by Gasteiger charge is 2.32. The van der Waals surface area contributed by atoms with E-state index in [-0.39, 0.29) is 11.8 Å². The molecule has 39 heavy (non-hydrogen) atoms. The topological polar surface area (TPSA) is 47.7 Å². The van der Waals surface area contributed by atoms with E-state index in [9.17, 15) is 9.59 Å². The number of carbonyl (C=O) groups is 2. The lowest BCUT2D eigenvalue weighted by Crippen LogP contribution is -2.47. The molecular formula is C33H33N4O2+. The molecule has 196 valence electrons. The maximum absolute atomic E-state index is 13.1. The van der Waals surface area contributed by atoms with E-state index < -0.39 is 0 Å². The highest BCUT2D eigenvalue weighted by molar-refractivity contribution is 6.25. The van der Waals surface area contributed by atoms with Crippen molar-refractivity contribution in [1.29, 1.82) is 0 Å². The molecule has 0 saturated carbocycles. The van der Waals surface area contributed by atoms with Gasteiger partial charge in [0.05, 0.1) is 0 Å². The first-order valence-electron chi connectivity index (χ1n) is 13.7. The number of carbonyl (C=O) groups excluding carboxylic acids is 2. The number of anilines is 1. The quantitative estimate of drug-likeness (QED) is 0.265. The molecule has 0 atom stereocenters. The predicted molar refractivity (Wildman–Crippen MR) is 156 cm³/mol. The molecule has 1 fully saturated rings. The van der Waals surface area contributed by atoms with Gasteiger partial charge in [-0.1, -0.05) is 36.4 Å². The van der Waals surface area contributed by atoms with E-state index in [1.807, 2.05) is 42.5 Å². The first-order chi connectivity index (χ1) is 19.1. The summed E-state index contributed by atoms with van der Waals surface area (Å²) in [7, 11) is 2.05. The van der Waals surface area contributed by atoms with Gasteiger partial charge >= 0.3 is 0 Å². The Kier molecular flexibility index (Phi) is 6.95. The smallest absolute Gasteiger partial charge is 0.261 e. The Morgan fingerprint density at radius 1 is 0.744 bits per heavy atom. The molecule has 0 unspecified atom stereocenters. The molecule has 0 aliphatic carbocycles. The highest BCUT2D eigenvalue weighted by atomic mass is 16.2. The van der Waals surface area contributed by atoms with Crippen molar-refractivity contribution in [3.05, 3.63) is 107 Å². The van der Waals surface area contributed by atoms with Gasteiger partial charge in [-0.3, -0.25) is 19.4 Å². The molecular weight excluding hydrogens is 484 g/mol. The van der Waals surface area contributed by atoms with E-state index in [4.69, 9.17) is 0 Å².